The van der Waals surface area contributed by atoms with Gasteiger partial charge in [0.2, 0.25) is 5.91 Å². The monoisotopic (exact) mass is 302 g/mol. The molecule has 1 unspecified atom stereocenters. The molecule has 1 aliphatic heterocycles. The molecule has 0 aromatic heterocycles. The van der Waals surface area contributed by atoms with Gasteiger partial charge in [0.1, 0.15) is 5.82 Å². The Morgan fingerprint density at radius 1 is 1.55 bits per heavy atom. The highest BCUT2D eigenvalue weighted by Gasteiger charge is 2.19. The van der Waals surface area contributed by atoms with E-state index in [1.807, 2.05) is 6.07 Å². The zero-order valence-corrected chi connectivity index (χ0v) is 12.5. The minimum absolute atomic E-state index is 0. The van der Waals surface area contributed by atoms with E-state index in [1.54, 1.807) is 13.0 Å². The van der Waals surface area contributed by atoms with Crippen LogP contribution in [-0.2, 0) is 22.5 Å². The van der Waals surface area contributed by atoms with Gasteiger partial charge in [-0.15, -0.1) is 12.4 Å². The van der Waals surface area contributed by atoms with Crippen LogP contribution in [0, 0.1) is 11.7 Å². The van der Waals surface area contributed by atoms with Crippen LogP contribution in [0.3, 0.4) is 0 Å². The second-order valence-corrected chi connectivity index (χ2v) is 4.84. The van der Waals surface area contributed by atoms with Gasteiger partial charge in [0.05, 0.1) is 18.2 Å². The maximum absolute atomic E-state index is 14.3. The van der Waals surface area contributed by atoms with E-state index in [0.29, 0.717) is 25.1 Å². The third-order valence-electron chi connectivity index (χ3n) is 3.33. The number of rotatable bonds is 4. The average Bonchev–Trinajstić information content (AvgIpc) is 2.42. The first-order valence-electron chi connectivity index (χ1n) is 6.44. The number of benzene rings is 1. The first-order valence-corrected chi connectivity index (χ1v) is 6.44. The lowest BCUT2D eigenvalue weighted by Gasteiger charge is -2.20. The van der Waals surface area contributed by atoms with Gasteiger partial charge in [-0.1, -0.05) is 13.0 Å². The fourth-order valence-electron chi connectivity index (χ4n) is 2.21. The lowest BCUT2D eigenvalue weighted by molar-refractivity contribution is -0.120. The summed E-state index contributed by atoms with van der Waals surface area (Å²) in [6.45, 7) is 3.52. The van der Waals surface area contributed by atoms with Gasteiger partial charge in [0.25, 0.3) is 0 Å². The van der Waals surface area contributed by atoms with Crippen LogP contribution in [0.2, 0.25) is 0 Å². The Kier molecular flexibility index (Phi) is 6.39. The van der Waals surface area contributed by atoms with Gasteiger partial charge in [-0.05, 0) is 30.2 Å². The number of carbonyl (C=O) groups is 1. The number of hydrogen-bond acceptors (Lipinski definition) is 3. The Hall–Kier alpha value is -1.17. The number of nitrogens with one attached hydrogen (secondary N) is 2. The highest BCUT2D eigenvalue weighted by molar-refractivity contribution is 5.92. The standard InChI is InChI=1S/C14H19FN2O2.ClH/c1-9(8-19-2)14(18)17-12-4-3-10-7-16-6-5-11(10)13(12)15;/h3-4,9,16H,5-8H2,1-2H3,(H,17,18);1H. The number of anilines is 1. The Balaban J connectivity index is 0.00000200. The molecule has 1 aromatic carbocycles. The summed E-state index contributed by atoms with van der Waals surface area (Å²) in [6, 6.07) is 3.49. The van der Waals surface area contributed by atoms with E-state index >= 15 is 0 Å². The zero-order chi connectivity index (χ0) is 13.8. The third-order valence-corrected chi connectivity index (χ3v) is 3.33. The van der Waals surface area contributed by atoms with Crippen molar-refractivity contribution in [1.82, 2.24) is 5.32 Å². The first-order chi connectivity index (χ1) is 9.13. The van der Waals surface area contributed by atoms with Gasteiger partial charge >= 0.3 is 0 Å². The lowest BCUT2D eigenvalue weighted by atomic mass is 9.99. The van der Waals surface area contributed by atoms with Crippen LogP contribution >= 0.6 is 12.4 Å². The van der Waals surface area contributed by atoms with Gasteiger partial charge in [-0.2, -0.15) is 0 Å². The molecule has 4 nitrogen and oxygen atoms in total. The largest absolute Gasteiger partial charge is 0.384 e. The Bertz CT molecular complexity index is 482. The SMILES string of the molecule is COCC(C)C(=O)Nc1ccc2c(c1F)CCNC2.Cl. The van der Waals surface area contributed by atoms with Gasteiger partial charge in [-0.25, -0.2) is 4.39 Å². The minimum Gasteiger partial charge on any atom is -0.384 e. The molecule has 0 saturated carbocycles. The predicted molar refractivity (Wildman–Crippen MR) is 78.7 cm³/mol. The fourth-order valence-corrected chi connectivity index (χ4v) is 2.21. The molecule has 0 fully saturated rings. The number of carbonyl (C=O) groups excluding carboxylic acids is 1. The fraction of sp³-hybridized carbons (Fsp3) is 0.500. The summed E-state index contributed by atoms with van der Waals surface area (Å²) >= 11 is 0. The zero-order valence-electron chi connectivity index (χ0n) is 11.7. The number of methoxy groups -OCH3 is 1. The van der Waals surface area contributed by atoms with Crippen LogP contribution in [0.1, 0.15) is 18.1 Å². The Morgan fingerprint density at radius 3 is 3.00 bits per heavy atom. The topological polar surface area (TPSA) is 50.4 Å². The van der Waals surface area contributed by atoms with Crippen LogP contribution in [0.4, 0.5) is 10.1 Å². The second kappa shape index (κ2) is 7.57. The van der Waals surface area contributed by atoms with Crippen LogP contribution in [0.5, 0.6) is 0 Å². The van der Waals surface area contributed by atoms with E-state index in [-0.39, 0.29) is 35.7 Å². The molecular formula is C14H20ClFN2O2. The predicted octanol–water partition coefficient (Wildman–Crippen LogP) is 2.11. The maximum atomic E-state index is 14.3. The van der Waals surface area contributed by atoms with Gasteiger partial charge in [-0.3, -0.25) is 4.79 Å². The molecule has 112 valence electrons. The molecule has 20 heavy (non-hydrogen) atoms. The van der Waals surface area contributed by atoms with Crippen molar-refractivity contribution in [2.45, 2.75) is 19.9 Å². The molecule has 6 heteroatoms. The van der Waals surface area contributed by atoms with E-state index < -0.39 is 0 Å². The summed E-state index contributed by atoms with van der Waals surface area (Å²) in [5.74, 6) is -0.839. The molecule has 1 heterocycles. The number of hydrogen-bond donors (Lipinski definition) is 2. The van der Waals surface area contributed by atoms with E-state index in [4.69, 9.17) is 4.74 Å². The molecule has 2 rings (SSSR count). The van der Waals surface area contributed by atoms with Crippen LogP contribution < -0.4 is 10.6 Å². The molecule has 1 atom stereocenters. The maximum Gasteiger partial charge on any atom is 0.229 e. The van der Waals surface area contributed by atoms with E-state index in [1.165, 1.54) is 7.11 Å². The van der Waals surface area contributed by atoms with Crippen molar-refractivity contribution in [2.24, 2.45) is 5.92 Å². The van der Waals surface area contributed by atoms with Gasteiger partial charge in [0, 0.05) is 13.7 Å². The Labute approximate surface area is 124 Å². The van der Waals surface area contributed by atoms with Crippen LogP contribution in [0.15, 0.2) is 12.1 Å². The van der Waals surface area contributed by atoms with Crippen LogP contribution in [0.25, 0.3) is 0 Å². The van der Waals surface area contributed by atoms with Crippen molar-refractivity contribution in [1.29, 1.82) is 0 Å². The smallest absolute Gasteiger partial charge is 0.229 e. The normalized spacial score (nSPS) is 14.9. The highest BCUT2D eigenvalue weighted by atomic mass is 35.5. The van der Waals surface area contributed by atoms with Gasteiger partial charge < -0.3 is 15.4 Å². The minimum atomic E-state index is -0.308. The molecule has 2 N–H and O–H groups in total. The van der Waals surface area contributed by atoms with Crippen molar-refractivity contribution in [3.05, 3.63) is 29.1 Å². The first kappa shape index (κ1) is 16.9. The Morgan fingerprint density at radius 2 is 2.30 bits per heavy atom. The molecular weight excluding hydrogens is 283 g/mol. The number of ether oxygens (including phenoxy) is 1. The summed E-state index contributed by atoms with van der Waals surface area (Å²) in [6.07, 6.45) is 0.651. The average molecular weight is 303 g/mol. The van der Waals surface area contributed by atoms with Crippen molar-refractivity contribution < 1.29 is 13.9 Å². The third kappa shape index (κ3) is 3.69. The summed E-state index contributed by atoms with van der Waals surface area (Å²) in [4.78, 5) is 11.9. The number of amides is 1. The quantitative estimate of drug-likeness (QED) is 0.896. The van der Waals surface area contributed by atoms with E-state index in [0.717, 1.165) is 12.1 Å². The molecule has 0 radical (unpaired) electrons. The van der Waals surface area contributed by atoms with Crippen molar-refractivity contribution in [2.75, 3.05) is 25.6 Å². The molecule has 1 amide bonds. The van der Waals surface area contributed by atoms with E-state index in [2.05, 4.69) is 10.6 Å². The number of fused-ring (bicyclic) bond motifs is 1. The lowest BCUT2D eigenvalue weighted by Crippen LogP contribution is -2.27. The highest BCUT2D eigenvalue weighted by Crippen LogP contribution is 2.24. The van der Waals surface area contributed by atoms with Crippen molar-refractivity contribution in [3.8, 4) is 0 Å². The molecule has 0 spiro atoms. The molecule has 0 bridgehead atoms. The summed E-state index contributed by atoms with van der Waals surface area (Å²) in [5, 5.41) is 5.82. The van der Waals surface area contributed by atoms with Crippen LogP contribution in [-0.4, -0.2) is 26.2 Å². The number of halogens is 2. The summed E-state index contributed by atoms with van der Waals surface area (Å²) in [5.41, 5.74) is 1.93. The second-order valence-electron chi connectivity index (χ2n) is 4.84. The molecule has 0 saturated heterocycles. The van der Waals surface area contributed by atoms with Gasteiger partial charge in [0.15, 0.2) is 0 Å². The summed E-state index contributed by atoms with van der Waals surface area (Å²) in [7, 11) is 1.54. The van der Waals surface area contributed by atoms with Crippen molar-refractivity contribution >= 4 is 24.0 Å². The van der Waals surface area contributed by atoms with E-state index in [9.17, 15) is 9.18 Å². The molecule has 1 aromatic rings. The summed E-state index contributed by atoms with van der Waals surface area (Å²) < 4.78 is 19.2. The molecule has 1 aliphatic rings. The molecule has 0 aliphatic carbocycles. The van der Waals surface area contributed by atoms with Crippen molar-refractivity contribution in [3.63, 3.8) is 0 Å².